The van der Waals surface area contributed by atoms with Crippen LogP contribution >= 0.6 is 15.2 Å². The van der Waals surface area contributed by atoms with Gasteiger partial charge in [0.05, 0.1) is 0 Å². The summed E-state index contributed by atoms with van der Waals surface area (Å²) in [5.74, 6) is -4.81. The van der Waals surface area contributed by atoms with Gasteiger partial charge in [0.1, 0.15) is 5.78 Å². The minimum Gasteiger partial charge on any atom is -0.379 e. The molecule has 0 bridgehead atoms. The van der Waals surface area contributed by atoms with Gasteiger partial charge in [-0.05, 0) is 0 Å². The van der Waals surface area contributed by atoms with Crippen LogP contribution in [0.25, 0.3) is 0 Å². The van der Waals surface area contributed by atoms with Crippen molar-refractivity contribution in [2.45, 2.75) is 11.6 Å². The van der Waals surface area contributed by atoms with Crippen molar-refractivity contribution >= 4 is 15.2 Å². The Morgan fingerprint density at radius 2 is 1.33 bits per heavy atom. The molecule has 0 aromatic carbocycles. The van der Waals surface area contributed by atoms with Crippen molar-refractivity contribution in [1.82, 2.24) is 0 Å². The average molecular weight is 221 g/mol. The van der Waals surface area contributed by atoms with E-state index in [2.05, 4.69) is 5.73 Å². The zero-order valence-corrected chi connectivity index (χ0v) is 7.47. The van der Waals surface area contributed by atoms with Gasteiger partial charge in [-0.1, -0.05) is 0 Å². The van der Waals surface area contributed by atoms with Crippen LogP contribution in [-0.4, -0.2) is 36.3 Å². The smallest absolute Gasteiger partial charge is 0.356 e. The van der Waals surface area contributed by atoms with E-state index in [1.54, 1.807) is 0 Å². The van der Waals surface area contributed by atoms with Gasteiger partial charge in [-0.25, -0.2) is 0 Å². The summed E-state index contributed by atoms with van der Waals surface area (Å²) in [7, 11) is -9.84. The lowest BCUT2D eigenvalue weighted by Crippen LogP contribution is -2.34. The van der Waals surface area contributed by atoms with Crippen LogP contribution in [0.1, 0.15) is 0 Å². The lowest BCUT2D eigenvalue weighted by atomic mass is 10.7. The number of hydrogen-bond donors (Lipinski definition) is 6. The first-order chi connectivity index (χ1) is 5.07. The second kappa shape index (κ2) is 3.53. The molecule has 0 aromatic heterocycles. The molecule has 0 saturated heterocycles. The maximum atomic E-state index is 10.3. The maximum absolute atomic E-state index is 10.3. The van der Waals surface area contributed by atoms with Crippen molar-refractivity contribution in [2.24, 2.45) is 5.73 Å². The zero-order valence-electron chi connectivity index (χ0n) is 5.68. The third kappa shape index (κ3) is 3.30. The van der Waals surface area contributed by atoms with Crippen LogP contribution in [0.4, 0.5) is 0 Å². The molecule has 0 amide bonds. The van der Waals surface area contributed by atoms with E-state index in [-0.39, 0.29) is 0 Å². The molecular weight excluding hydrogens is 212 g/mol. The lowest BCUT2D eigenvalue weighted by Gasteiger charge is -2.20. The molecule has 0 aliphatic carbocycles. The van der Waals surface area contributed by atoms with E-state index in [1.165, 1.54) is 0 Å². The predicted octanol–water partition coefficient (Wildman–Crippen LogP) is -2.06. The molecular formula is C2H9NO7P2. The number of rotatable bonds is 3. The highest BCUT2D eigenvalue weighted by atomic mass is 31.2. The number of aliphatic hydroxyl groups excluding tert-OH is 1. The molecule has 0 fully saturated rings. The highest BCUT2D eigenvalue weighted by Crippen LogP contribution is 2.50. The molecule has 12 heavy (non-hydrogen) atoms. The molecule has 0 heterocycles. The Morgan fingerprint density at radius 1 is 1.00 bits per heavy atom. The molecule has 0 aromatic rings. The van der Waals surface area contributed by atoms with E-state index in [0.29, 0.717) is 0 Å². The van der Waals surface area contributed by atoms with E-state index in [4.69, 9.17) is 24.7 Å². The molecule has 0 rings (SSSR count). The van der Waals surface area contributed by atoms with Gasteiger partial charge in [0.15, 0.2) is 5.85 Å². The molecule has 2 atom stereocenters. The highest BCUT2D eigenvalue weighted by Gasteiger charge is 2.41. The summed E-state index contributed by atoms with van der Waals surface area (Å²) in [5.41, 5.74) is 4.68. The largest absolute Gasteiger partial charge is 0.379 e. The average Bonchev–Trinajstić information content (AvgIpc) is 1.80. The van der Waals surface area contributed by atoms with Crippen molar-refractivity contribution < 1.29 is 33.8 Å². The van der Waals surface area contributed by atoms with Crippen LogP contribution in [0.5, 0.6) is 0 Å². The van der Waals surface area contributed by atoms with Crippen molar-refractivity contribution in [3.05, 3.63) is 0 Å². The molecule has 0 saturated carbocycles. The van der Waals surface area contributed by atoms with E-state index < -0.39 is 26.8 Å². The molecule has 0 aliphatic rings. The van der Waals surface area contributed by atoms with Crippen LogP contribution in [-0.2, 0) is 9.13 Å². The quantitative estimate of drug-likeness (QED) is 0.296. The van der Waals surface area contributed by atoms with Gasteiger partial charge >= 0.3 is 15.2 Å². The van der Waals surface area contributed by atoms with Gasteiger partial charge in [-0.2, -0.15) is 0 Å². The third-order valence-electron chi connectivity index (χ3n) is 1.04. The van der Waals surface area contributed by atoms with Crippen LogP contribution in [0, 0.1) is 0 Å². The molecule has 0 spiro atoms. The van der Waals surface area contributed by atoms with Crippen molar-refractivity contribution in [2.75, 3.05) is 0 Å². The number of nitrogens with two attached hydrogens (primary N) is 1. The topological polar surface area (TPSA) is 161 Å². The lowest BCUT2D eigenvalue weighted by molar-refractivity contribution is 0.186. The van der Waals surface area contributed by atoms with Gasteiger partial charge in [0.2, 0.25) is 0 Å². The van der Waals surface area contributed by atoms with Gasteiger partial charge in [0.25, 0.3) is 0 Å². The Hall–Kier alpha value is 0.220. The Bertz CT molecular complexity index is 214. The first-order valence-corrected chi connectivity index (χ1v) is 5.97. The fourth-order valence-electron chi connectivity index (χ4n) is 0.373. The monoisotopic (exact) mass is 221 g/mol. The minimum atomic E-state index is -4.97. The summed E-state index contributed by atoms with van der Waals surface area (Å²) in [5, 5.41) is 8.61. The highest BCUT2D eigenvalue weighted by molar-refractivity contribution is 7.57. The standard InChI is InChI=1S/C2H9NO7P2/c3-1(11(5,6)7)2(4)12(8,9)10/h1-2,4H,3H2,(H2,5,6,7)(H2,8,9,10). The molecule has 0 aliphatic heterocycles. The van der Waals surface area contributed by atoms with Gasteiger partial charge < -0.3 is 30.4 Å². The fourth-order valence-corrected chi connectivity index (χ4v) is 2.16. The van der Waals surface area contributed by atoms with Crippen molar-refractivity contribution in [1.29, 1.82) is 0 Å². The Balaban J connectivity index is 4.64. The van der Waals surface area contributed by atoms with Crippen LogP contribution < -0.4 is 5.73 Å². The molecule has 10 heteroatoms. The summed E-state index contributed by atoms with van der Waals surface area (Å²) in [6.07, 6.45) is 0. The zero-order chi connectivity index (χ0) is 10.2. The Kier molecular flexibility index (Phi) is 3.59. The van der Waals surface area contributed by atoms with E-state index >= 15 is 0 Å². The van der Waals surface area contributed by atoms with Crippen LogP contribution in [0.2, 0.25) is 0 Å². The van der Waals surface area contributed by atoms with Crippen molar-refractivity contribution in [3.63, 3.8) is 0 Å². The molecule has 74 valence electrons. The summed E-state index contributed by atoms with van der Waals surface area (Å²) in [6.45, 7) is 0. The first-order valence-electron chi connectivity index (χ1n) is 2.61. The predicted molar refractivity (Wildman–Crippen MR) is 38.1 cm³/mol. The molecule has 8 nitrogen and oxygen atoms in total. The van der Waals surface area contributed by atoms with Crippen LogP contribution in [0.15, 0.2) is 0 Å². The summed E-state index contributed by atoms with van der Waals surface area (Å²) in [6, 6.07) is 0. The Morgan fingerprint density at radius 3 is 1.42 bits per heavy atom. The van der Waals surface area contributed by atoms with E-state index in [1.807, 2.05) is 0 Å². The molecule has 0 radical (unpaired) electrons. The number of aliphatic hydroxyl groups is 1. The second-order valence-corrected chi connectivity index (χ2v) is 5.56. The van der Waals surface area contributed by atoms with Gasteiger partial charge in [-0.3, -0.25) is 9.13 Å². The minimum absolute atomic E-state index is 2.27. The number of hydrogen-bond acceptors (Lipinski definition) is 4. The molecule has 7 N–H and O–H groups in total. The van der Waals surface area contributed by atoms with Crippen LogP contribution in [0.3, 0.4) is 0 Å². The van der Waals surface area contributed by atoms with E-state index in [0.717, 1.165) is 0 Å². The summed E-state index contributed by atoms with van der Waals surface area (Å²) >= 11 is 0. The van der Waals surface area contributed by atoms with Crippen molar-refractivity contribution in [3.8, 4) is 0 Å². The SMILES string of the molecule is NC(C(O)P(=O)(O)O)P(=O)(O)O. The summed E-state index contributed by atoms with van der Waals surface area (Å²) < 4.78 is 20.5. The third-order valence-corrected chi connectivity index (χ3v) is 3.34. The summed E-state index contributed by atoms with van der Waals surface area (Å²) in [4.78, 5) is 33.1. The first kappa shape index (κ1) is 12.2. The normalized spacial score (nSPS) is 18.8. The second-order valence-electron chi connectivity index (χ2n) is 2.08. The maximum Gasteiger partial charge on any atom is 0.356 e. The fraction of sp³-hybridized carbons (Fsp3) is 1.00. The molecule has 2 unspecified atom stereocenters. The van der Waals surface area contributed by atoms with Gasteiger partial charge in [-0.15, -0.1) is 0 Å². The van der Waals surface area contributed by atoms with Gasteiger partial charge in [0, 0.05) is 0 Å². The van der Waals surface area contributed by atoms with E-state index in [9.17, 15) is 9.13 Å². The Labute approximate surface area is 67.3 Å².